The van der Waals surface area contributed by atoms with Crippen molar-refractivity contribution in [3.8, 4) is 11.5 Å². The summed E-state index contributed by atoms with van der Waals surface area (Å²) >= 11 is 0. The van der Waals surface area contributed by atoms with Crippen molar-refractivity contribution in [2.45, 2.75) is 45.1 Å². The second-order valence-corrected chi connectivity index (χ2v) is 8.37. The van der Waals surface area contributed by atoms with E-state index >= 15 is 0 Å². The Morgan fingerprint density at radius 1 is 1.19 bits per heavy atom. The lowest BCUT2D eigenvalue weighted by Crippen LogP contribution is -2.40. The quantitative estimate of drug-likeness (QED) is 0.867. The number of likely N-dealkylation sites (tertiary alicyclic amines) is 1. The van der Waals surface area contributed by atoms with E-state index in [1.54, 1.807) is 0 Å². The molecule has 6 heteroatoms. The largest absolute Gasteiger partial charge is 0.490 e. The minimum absolute atomic E-state index is 0.0324. The van der Waals surface area contributed by atoms with Gasteiger partial charge in [0, 0.05) is 36.5 Å². The summed E-state index contributed by atoms with van der Waals surface area (Å²) in [6.45, 7) is 6.46. The zero-order chi connectivity index (χ0) is 19.0. The number of carbonyl (C=O) groups is 1. The molecule has 0 bridgehead atoms. The Morgan fingerprint density at radius 3 is 2.52 bits per heavy atom. The number of ether oxygens (including phenoxy) is 2. The summed E-state index contributed by atoms with van der Waals surface area (Å²) in [4.78, 5) is 18.1. The van der Waals surface area contributed by atoms with E-state index in [4.69, 9.17) is 9.47 Å². The van der Waals surface area contributed by atoms with Gasteiger partial charge in [0.25, 0.3) is 5.91 Å². The first-order valence-electron chi connectivity index (χ1n) is 9.83. The molecule has 2 N–H and O–H groups in total. The van der Waals surface area contributed by atoms with Gasteiger partial charge in [-0.25, -0.2) is 0 Å². The zero-order valence-electron chi connectivity index (χ0n) is 16.1. The number of hydrogen-bond donors (Lipinski definition) is 2. The predicted molar refractivity (Wildman–Crippen MR) is 103 cm³/mol. The van der Waals surface area contributed by atoms with E-state index < -0.39 is 5.60 Å². The van der Waals surface area contributed by atoms with Crippen LogP contribution in [0.25, 0.3) is 10.9 Å². The highest BCUT2D eigenvalue weighted by Gasteiger charge is 2.28. The Labute approximate surface area is 159 Å². The molecule has 3 heterocycles. The van der Waals surface area contributed by atoms with E-state index in [0.29, 0.717) is 24.8 Å². The van der Waals surface area contributed by atoms with Crippen molar-refractivity contribution in [3.63, 3.8) is 0 Å². The number of aromatic amines is 1. The zero-order valence-corrected chi connectivity index (χ0v) is 16.1. The first-order chi connectivity index (χ1) is 12.9. The maximum Gasteiger partial charge on any atom is 0.270 e. The summed E-state index contributed by atoms with van der Waals surface area (Å²) < 4.78 is 11.5. The topological polar surface area (TPSA) is 74.8 Å². The molecule has 0 spiro atoms. The SMILES string of the molecule is CC(C)(O)CC1CCN(C(=O)c2cc3cc4c(cc3[nH]2)OCCCO4)CC1. The van der Waals surface area contributed by atoms with Crippen LogP contribution in [0.5, 0.6) is 11.5 Å². The summed E-state index contributed by atoms with van der Waals surface area (Å²) in [5, 5.41) is 11.0. The molecule has 2 aliphatic heterocycles. The van der Waals surface area contributed by atoms with Crippen molar-refractivity contribution in [2.24, 2.45) is 5.92 Å². The van der Waals surface area contributed by atoms with Crippen molar-refractivity contribution >= 4 is 16.8 Å². The molecular formula is C21H28N2O4. The van der Waals surface area contributed by atoms with Crippen LogP contribution >= 0.6 is 0 Å². The average Bonchev–Trinajstić information content (AvgIpc) is 2.89. The minimum Gasteiger partial charge on any atom is -0.490 e. The van der Waals surface area contributed by atoms with E-state index in [-0.39, 0.29) is 5.91 Å². The highest BCUT2D eigenvalue weighted by Crippen LogP contribution is 2.35. The van der Waals surface area contributed by atoms with Gasteiger partial charge in [0.15, 0.2) is 11.5 Å². The van der Waals surface area contributed by atoms with E-state index in [2.05, 4.69) is 4.98 Å². The number of carbonyl (C=O) groups excluding carboxylic acids is 1. The van der Waals surface area contributed by atoms with Crippen LogP contribution in [0.3, 0.4) is 0 Å². The highest BCUT2D eigenvalue weighted by molar-refractivity contribution is 5.98. The Balaban J connectivity index is 1.47. The fraction of sp³-hybridized carbons (Fsp3) is 0.571. The van der Waals surface area contributed by atoms with Gasteiger partial charge in [-0.2, -0.15) is 0 Å². The number of nitrogens with one attached hydrogen (secondary N) is 1. The lowest BCUT2D eigenvalue weighted by atomic mass is 9.86. The predicted octanol–water partition coefficient (Wildman–Crippen LogP) is 3.34. The van der Waals surface area contributed by atoms with Gasteiger partial charge in [-0.3, -0.25) is 4.79 Å². The van der Waals surface area contributed by atoms with Crippen LogP contribution in [-0.2, 0) is 0 Å². The number of rotatable bonds is 3. The van der Waals surface area contributed by atoms with Crippen molar-refractivity contribution < 1.29 is 19.4 Å². The van der Waals surface area contributed by atoms with Crippen LogP contribution in [0, 0.1) is 5.92 Å². The number of aliphatic hydroxyl groups is 1. The number of amides is 1. The number of hydrogen-bond acceptors (Lipinski definition) is 4. The Hall–Kier alpha value is -2.21. The molecule has 146 valence electrons. The van der Waals surface area contributed by atoms with Crippen molar-refractivity contribution in [1.29, 1.82) is 0 Å². The molecular weight excluding hydrogens is 344 g/mol. The van der Waals surface area contributed by atoms with Crippen LogP contribution < -0.4 is 9.47 Å². The number of fused-ring (bicyclic) bond motifs is 2. The maximum absolute atomic E-state index is 12.9. The molecule has 1 fully saturated rings. The molecule has 2 aliphatic rings. The molecule has 27 heavy (non-hydrogen) atoms. The summed E-state index contributed by atoms with van der Waals surface area (Å²) in [6.07, 6.45) is 3.53. The van der Waals surface area contributed by atoms with Gasteiger partial charge in [0.1, 0.15) is 5.69 Å². The first-order valence-corrected chi connectivity index (χ1v) is 9.83. The molecule has 0 aliphatic carbocycles. The molecule has 0 radical (unpaired) electrons. The Morgan fingerprint density at radius 2 is 1.85 bits per heavy atom. The number of aromatic nitrogens is 1. The molecule has 0 saturated carbocycles. The van der Waals surface area contributed by atoms with Gasteiger partial charge >= 0.3 is 0 Å². The van der Waals surface area contributed by atoms with Crippen molar-refractivity contribution in [1.82, 2.24) is 9.88 Å². The second-order valence-electron chi connectivity index (χ2n) is 8.37. The summed E-state index contributed by atoms with van der Waals surface area (Å²) in [5.41, 5.74) is 0.849. The summed E-state index contributed by atoms with van der Waals surface area (Å²) in [6, 6.07) is 5.76. The molecule has 2 aromatic rings. The third-order valence-corrected chi connectivity index (χ3v) is 5.41. The lowest BCUT2D eigenvalue weighted by molar-refractivity contribution is 0.0357. The molecule has 1 aromatic heterocycles. The normalized spacial score (nSPS) is 18.6. The molecule has 0 unspecified atom stereocenters. The summed E-state index contributed by atoms with van der Waals surface area (Å²) in [7, 11) is 0. The van der Waals surface area contributed by atoms with E-state index in [1.807, 2.05) is 36.9 Å². The van der Waals surface area contributed by atoms with E-state index in [0.717, 1.165) is 61.2 Å². The molecule has 0 atom stereocenters. The number of benzene rings is 1. The van der Waals surface area contributed by atoms with Gasteiger partial charge in [-0.05, 0) is 51.2 Å². The standard InChI is InChI=1S/C21H28N2O4/c1-21(2,25)13-14-4-6-23(7-5-14)20(24)17-10-15-11-18-19(12-16(15)22-17)27-9-3-8-26-18/h10-12,14,22,25H,3-9,13H2,1-2H3. The van der Waals surface area contributed by atoms with Crippen molar-refractivity contribution in [2.75, 3.05) is 26.3 Å². The van der Waals surface area contributed by atoms with Crippen LogP contribution in [0.2, 0.25) is 0 Å². The van der Waals surface area contributed by atoms with Crippen LogP contribution in [0.1, 0.15) is 50.0 Å². The van der Waals surface area contributed by atoms with E-state index in [1.165, 1.54) is 0 Å². The monoisotopic (exact) mass is 372 g/mol. The van der Waals surface area contributed by atoms with Crippen LogP contribution in [-0.4, -0.2) is 52.8 Å². The van der Waals surface area contributed by atoms with Crippen LogP contribution in [0.4, 0.5) is 0 Å². The van der Waals surface area contributed by atoms with Gasteiger partial charge in [-0.1, -0.05) is 0 Å². The van der Waals surface area contributed by atoms with Gasteiger partial charge in [0.2, 0.25) is 0 Å². The summed E-state index contributed by atoms with van der Waals surface area (Å²) in [5.74, 6) is 1.98. The number of H-pyrrole nitrogens is 1. The van der Waals surface area contributed by atoms with Gasteiger partial charge < -0.3 is 24.5 Å². The van der Waals surface area contributed by atoms with Gasteiger partial charge in [0.05, 0.1) is 18.8 Å². The molecule has 4 rings (SSSR count). The van der Waals surface area contributed by atoms with E-state index in [9.17, 15) is 9.90 Å². The fourth-order valence-corrected chi connectivity index (χ4v) is 4.12. The molecule has 1 aromatic carbocycles. The molecule has 1 amide bonds. The molecule has 1 saturated heterocycles. The van der Waals surface area contributed by atoms with Crippen molar-refractivity contribution in [3.05, 3.63) is 23.9 Å². The molecule has 6 nitrogen and oxygen atoms in total. The smallest absolute Gasteiger partial charge is 0.270 e. The lowest BCUT2D eigenvalue weighted by Gasteiger charge is -2.34. The highest BCUT2D eigenvalue weighted by atomic mass is 16.5. The average molecular weight is 372 g/mol. The number of nitrogens with zero attached hydrogens (tertiary/aromatic N) is 1. The maximum atomic E-state index is 12.9. The Bertz CT molecular complexity index is 786. The number of piperidine rings is 1. The Kier molecular flexibility index (Phi) is 4.76. The fourth-order valence-electron chi connectivity index (χ4n) is 4.12. The third kappa shape index (κ3) is 4.05. The van der Waals surface area contributed by atoms with Gasteiger partial charge in [-0.15, -0.1) is 0 Å². The second kappa shape index (κ2) is 7.08. The first kappa shape index (κ1) is 18.2. The van der Waals surface area contributed by atoms with Crippen LogP contribution in [0.15, 0.2) is 18.2 Å². The third-order valence-electron chi connectivity index (χ3n) is 5.41. The minimum atomic E-state index is -0.643.